The van der Waals surface area contributed by atoms with Crippen LogP contribution in [0.15, 0.2) is 11.3 Å². The maximum Gasteiger partial charge on any atom is 0.106 e. The highest BCUT2D eigenvalue weighted by atomic mass is 16.1. The average Bonchev–Trinajstić information content (AvgIpc) is 2.80. The van der Waals surface area contributed by atoms with Gasteiger partial charge in [0.1, 0.15) is 6.79 Å². The van der Waals surface area contributed by atoms with Crippen LogP contribution in [0.4, 0.5) is 0 Å². The SMILES string of the molecule is C=O.CCC1=C(C)N(C2CCN(C3CCCNCC3)CC2)CC1. The molecule has 0 radical (unpaired) electrons. The summed E-state index contributed by atoms with van der Waals surface area (Å²) < 4.78 is 0. The molecule has 0 saturated carbocycles. The van der Waals surface area contributed by atoms with Gasteiger partial charge in [-0.1, -0.05) is 6.92 Å². The van der Waals surface area contributed by atoms with Crippen LogP contribution in [-0.4, -0.2) is 61.4 Å². The second kappa shape index (κ2) is 9.43. The van der Waals surface area contributed by atoms with Crippen LogP contribution in [0.5, 0.6) is 0 Å². The van der Waals surface area contributed by atoms with Crippen molar-refractivity contribution in [3.63, 3.8) is 0 Å². The van der Waals surface area contributed by atoms with Gasteiger partial charge in [0.05, 0.1) is 0 Å². The van der Waals surface area contributed by atoms with E-state index in [1.165, 1.54) is 77.7 Å². The van der Waals surface area contributed by atoms with Crippen LogP contribution in [0.3, 0.4) is 0 Å². The average molecular weight is 322 g/mol. The first-order chi connectivity index (χ1) is 11.3. The highest BCUT2D eigenvalue weighted by molar-refractivity contribution is 5.18. The van der Waals surface area contributed by atoms with Gasteiger partial charge in [0.25, 0.3) is 0 Å². The Hall–Kier alpha value is -0.870. The smallest absolute Gasteiger partial charge is 0.106 e. The van der Waals surface area contributed by atoms with Gasteiger partial charge in [-0.25, -0.2) is 0 Å². The third kappa shape index (κ3) is 4.57. The number of rotatable bonds is 3. The summed E-state index contributed by atoms with van der Waals surface area (Å²) in [5.41, 5.74) is 3.31. The van der Waals surface area contributed by atoms with Crippen molar-refractivity contribution in [2.75, 3.05) is 32.7 Å². The minimum atomic E-state index is 0.814. The van der Waals surface area contributed by atoms with Crippen LogP contribution in [0, 0.1) is 0 Å². The number of likely N-dealkylation sites (tertiary alicyclic amines) is 1. The normalized spacial score (nSPS) is 27.6. The molecule has 4 heteroatoms. The van der Waals surface area contributed by atoms with Gasteiger partial charge in [0, 0.05) is 37.4 Å². The summed E-state index contributed by atoms with van der Waals surface area (Å²) in [4.78, 5) is 13.5. The fraction of sp³-hybridized carbons (Fsp3) is 0.842. The standard InChI is InChI=1S/C18H33N3.CH2O/c1-3-16-7-14-21(15(16)2)18-8-12-20(13-9-18)17-5-4-10-19-11-6-17;1-2/h17-19H,3-14H2,1-2H3;1H2. The number of hydrogen-bond acceptors (Lipinski definition) is 4. The maximum atomic E-state index is 8.00. The molecule has 0 aromatic carbocycles. The van der Waals surface area contributed by atoms with Crippen molar-refractivity contribution in [1.29, 1.82) is 0 Å². The molecule has 3 rings (SSSR count). The monoisotopic (exact) mass is 321 g/mol. The third-order valence-corrected chi connectivity index (χ3v) is 6.03. The molecule has 0 bridgehead atoms. The van der Waals surface area contributed by atoms with E-state index >= 15 is 0 Å². The van der Waals surface area contributed by atoms with E-state index in [2.05, 4.69) is 29.0 Å². The molecule has 2 fully saturated rings. The number of nitrogens with zero attached hydrogens (tertiary/aromatic N) is 2. The van der Waals surface area contributed by atoms with E-state index in [4.69, 9.17) is 4.79 Å². The van der Waals surface area contributed by atoms with Gasteiger partial charge >= 0.3 is 0 Å². The molecule has 0 aromatic heterocycles. The summed E-state index contributed by atoms with van der Waals surface area (Å²) in [5.74, 6) is 0. The zero-order chi connectivity index (χ0) is 16.7. The van der Waals surface area contributed by atoms with E-state index in [0.717, 1.165) is 12.1 Å². The Balaban J connectivity index is 0.000000924. The van der Waals surface area contributed by atoms with Crippen LogP contribution in [0.1, 0.15) is 58.8 Å². The summed E-state index contributed by atoms with van der Waals surface area (Å²) in [5, 5.41) is 3.55. The summed E-state index contributed by atoms with van der Waals surface area (Å²) in [7, 11) is 0. The number of carbonyl (C=O) groups is 1. The molecule has 1 unspecified atom stereocenters. The van der Waals surface area contributed by atoms with Crippen molar-refractivity contribution in [2.45, 2.75) is 70.9 Å². The van der Waals surface area contributed by atoms with Gasteiger partial charge in [-0.3, -0.25) is 0 Å². The third-order valence-electron chi connectivity index (χ3n) is 6.03. The number of allylic oxidation sites excluding steroid dienone is 1. The minimum Gasteiger partial charge on any atom is -0.372 e. The minimum absolute atomic E-state index is 0.814. The molecular weight excluding hydrogens is 286 g/mol. The number of hydrogen-bond donors (Lipinski definition) is 1. The van der Waals surface area contributed by atoms with Crippen molar-refractivity contribution in [2.24, 2.45) is 0 Å². The van der Waals surface area contributed by atoms with E-state index in [1.807, 2.05) is 6.79 Å². The number of carbonyl (C=O) groups excluding carboxylic acids is 1. The van der Waals surface area contributed by atoms with Crippen LogP contribution in [0.2, 0.25) is 0 Å². The van der Waals surface area contributed by atoms with E-state index < -0.39 is 0 Å². The van der Waals surface area contributed by atoms with Crippen molar-refractivity contribution in [3.05, 3.63) is 11.3 Å². The quantitative estimate of drug-likeness (QED) is 0.867. The second-order valence-corrected chi connectivity index (χ2v) is 7.09. The first-order valence-corrected chi connectivity index (χ1v) is 9.48. The summed E-state index contributed by atoms with van der Waals surface area (Å²) in [6.45, 7) is 13.0. The van der Waals surface area contributed by atoms with Gasteiger partial charge in [0.15, 0.2) is 0 Å². The van der Waals surface area contributed by atoms with Crippen LogP contribution in [0.25, 0.3) is 0 Å². The Morgan fingerprint density at radius 1 is 1.04 bits per heavy atom. The molecule has 2 saturated heterocycles. The number of nitrogens with one attached hydrogen (secondary N) is 1. The van der Waals surface area contributed by atoms with Gasteiger partial charge < -0.3 is 19.9 Å². The zero-order valence-electron chi connectivity index (χ0n) is 15.1. The molecule has 0 amide bonds. The molecule has 1 atom stereocenters. The molecule has 23 heavy (non-hydrogen) atoms. The Bertz CT molecular complexity index is 380. The molecule has 132 valence electrons. The molecule has 0 aromatic rings. The van der Waals surface area contributed by atoms with Crippen molar-refractivity contribution in [3.8, 4) is 0 Å². The zero-order valence-corrected chi connectivity index (χ0v) is 15.1. The van der Waals surface area contributed by atoms with Crippen LogP contribution >= 0.6 is 0 Å². The topological polar surface area (TPSA) is 35.6 Å². The largest absolute Gasteiger partial charge is 0.372 e. The Kier molecular flexibility index (Phi) is 7.57. The molecule has 3 aliphatic heterocycles. The summed E-state index contributed by atoms with van der Waals surface area (Å²) >= 11 is 0. The van der Waals surface area contributed by atoms with E-state index in [1.54, 1.807) is 11.3 Å². The lowest BCUT2D eigenvalue weighted by atomic mass is 9.98. The Morgan fingerprint density at radius 2 is 1.78 bits per heavy atom. The maximum absolute atomic E-state index is 8.00. The molecule has 0 spiro atoms. The van der Waals surface area contributed by atoms with Crippen LogP contribution < -0.4 is 5.32 Å². The van der Waals surface area contributed by atoms with E-state index in [0.29, 0.717) is 0 Å². The lowest BCUT2D eigenvalue weighted by Crippen LogP contribution is -2.47. The highest BCUT2D eigenvalue weighted by Crippen LogP contribution is 2.31. The van der Waals surface area contributed by atoms with Crippen molar-refractivity contribution in [1.82, 2.24) is 15.1 Å². The first kappa shape index (κ1) is 18.5. The molecule has 1 N–H and O–H groups in total. The first-order valence-electron chi connectivity index (χ1n) is 9.48. The Morgan fingerprint density at radius 3 is 2.43 bits per heavy atom. The summed E-state index contributed by atoms with van der Waals surface area (Å²) in [6.07, 6.45) is 9.43. The van der Waals surface area contributed by atoms with Gasteiger partial charge in [-0.15, -0.1) is 0 Å². The van der Waals surface area contributed by atoms with Crippen LogP contribution in [-0.2, 0) is 4.79 Å². The molecule has 0 aliphatic carbocycles. The van der Waals surface area contributed by atoms with E-state index in [-0.39, 0.29) is 0 Å². The van der Waals surface area contributed by atoms with Gasteiger partial charge in [0.2, 0.25) is 0 Å². The number of piperidine rings is 1. The predicted octanol–water partition coefficient (Wildman–Crippen LogP) is 2.80. The van der Waals surface area contributed by atoms with Gasteiger partial charge in [-0.05, 0) is 70.5 Å². The lowest BCUT2D eigenvalue weighted by Gasteiger charge is -2.41. The van der Waals surface area contributed by atoms with Crippen molar-refractivity contribution >= 4 is 6.79 Å². The molecule has 3 heterocycles. The second-order valence-electron chi connectivity index (χ2n) is 7.09. The fourth-order valence-electron chi connectivity index (χ4n) is 4.62. The lowest BCUT2D eigenvalue weighted by molar-refractivity contribution is -0.0979. The molecule has 4 nitrogen and oxygen atoms in total. The molecule has 3 aliphatic rings. The Labute approximate surface area is 142 Å². The van der Waals surface area contributed by atoms with E-state index in [9.17, 15) is 0 Å². The highest BCUT2D eigenvalue weighted by Gasteiger charge is 2.30. The fourth-order valence-corrected chi connectivity index (χ4v) is 4.62. The van der Waals surface area contributed by atoms with Gasteiger partial charge in [-0.2, -0.15) is 0 Å². The predicted molar refractivity (Wildman–Crippen MR) is 96.5 cm³/mol. The summed E-state index contributed by atoms with van der Waals surface area (Å²) in [6, 6.07) is 1.66. The van der Waals surface area contributed by atoms with Crippen molar-refractivity contribution < 1.29 is 4.79 Å². The molecular formula is C19H35N3O.